The first-order valence-electron chi connectivity index (χ1n) is 5.24. The lowest BCUT2D eigenvalue weighted by atomic mass is 9.87. The minimum atomic E-state index is -0.659. The van der Waals surface area contributed by atoms with Crippen LogP contribution in [0.5, 0.6) is 0 Å². The van der Waals surface area contributed by atoms with Gasteiger partial charge >= 0.3 is 5.97 Å². The molecule has 82 valence electrons. The lowest BCUT2D eigenvalue weighted by Crippen LogP contribution is -2.14. The Kier molecular flexibility index (Phi) is 2.19. The molecule has 0 aliphatic heterocycles. The van der Waals surface area contributed by atoms with E-state index in [0.29, 0.717) is 0 Å². The highest BCUT2D eigenvalue weighted by Gasteiger charge is 2.74. The lowest BCUT2D eigenvalue weighted by Gasteiger charge is -2.16. The summed E-state index contributed by atoms with van der Waals surface area (Å²) in [5.41, 5.74) is 0.945. The molecule has 2 nitrogen and oxygen atoms in total. The minimum absolute atomic E-state index is 0.116. The van der Waals surface area contributed by atoms with Crippen LogP contribution in [0.25, 0.3) is 0 Å². The van der Waals surface area contributed by atoms with Gasteiger partial charge in [-0.25, -0.2) is 0 Å². The average molecular weight is 224 g/mol. The van der Waals surface area contributed by atoms with Crippen LogP contribution >= 0.6 is 11.3 Å². The number of aliphatic carboxylic acids is 1. The molecular formula is C12H16O2S. The van der Waals surface area contributed by atoms with Crippen molar-refractivity contribution in [2.75, 3.05) is 0 Å². The second-order valence-electron chi connectivity index (χ2n) is 4.83. The van der Waals surface area contributed by atoms with Crippen LogP contribution < -0.4 is 0 Å². The Labute approximate surface area is 93.9 Å². The predicted molar refractivity (Wildman–Crippen MR) is 61.2 cm³/mol. The SMILES string of the molecule is CCC1(c2ccsc2)C(C(=O)O)C1(C)C. The molecule has 1 saturated carbocycles. The second kappa shape index (κ2) is 3.08. The molecule has 0 spiro atoms. The zero-order valence-electron chi connectivity index (χ0n) is 9.28. The van der Waals surface area contributed by atoms with Crippen molar-refractivity contribution in [3.63, 3.8) is 0 Å². The van der Waals surface area contributed by atoms with E-state index >= 15 is 0 Å². The van der Waals surface area contributed by atoms with Gasteiger partial charge < -0.3 is 5.11 Å². The highest BCUT2D eigenvalue weighted by atomic mass is 32.1. The minimum Gasteiger partial charge on any atom is -0.481 e. The number of thiophene rings is 1. The zero-order valence-corrected chi connectivity index (χ0v) is 10.1. The van der Waals surface area contributed by atoms with Crippen molar-refractivity contribution in [3.8, 4) is 0 Å². The van der Waals surface area contributed by atoms with Crippen molar-refractivity contribution in [1.29, 1.82) is 0 Å². The number of carbonyl (C=O) groups is 1. The van der Waals surface area contributed by atoms with Gasteiger partial charge in [0, 0.05) is 5.41 Å². The summed E-state index contributed by atoms with van der Waals surface area (Å²) in [7, 11) is 0. The Morgan fingerprint density at radius 2 is 2.27 bits per heavy atom. The van der Waals surface area contributed by atoms with Crippen LogP contribution in [0, 0.1) is 11.3 Å². The van der Waals surface area contributed by atoms with Gasteiger partial charge in [-0.2, -0.15) is 11.3 Å². The number of rotatable bonds is 3. The molecule has 3 heteroatoms. The fraction of sp³-hybridized carbons (Fsp3) is 0.583. The highest BCUT2D eigenvalue weighted by molar-refractivity contribution is 7.08. The van der Waals surface area contributed by atoms with Crippen molar-refractivity contribution in [2.24, 2.45) is 11.3 Å². The Bertz CT molecular complexity index is 380. The van der Waals surface area contributed by atoms with Crippen LogP contribution in [0.15, 0.2) is 16.8 Å². The Balaban J connectivity index is 2.46. The summed E-state index contributed by atoms with van der Waals surface area (Å²) in [6, 6.07) is 2.07. The van der Waals surface area contributed by atoms with E-state index in [9.17, 15) is 9.90 Å². The summed E-state index contributed by atoms with van der Waals surface area (Å²) >= 11 is 1.64. The van der Waals surface area contributed by atoms with Crippen LogP contribution in [0.3, 0.4) is 0 Å². The van der Waals surface area contributed by atoms with Crippen molar-refractivity contribution >= 4 is 17.3 Å². The maximum absolute atomic E-state index is 11.3. The molecule has 15 heavy (non-hydrogen) atoms. The van der Waals surface area contributed by atoms with E-state index in [2.05, 4.69) is 32.2 Å². The molecule has 0 radical (unpaired) electrons. The average Bonchev–Trinajstić information content (AvgIpc) is 2.56. The van der Waals surface area contributed by atoms with Gasteiger partial charge in [0.15, 0.2) is 0 Å². The Hall–Kier alpha value is -0.830. The molecule has 0 bridgehead atoms. The topological polar surface area (TPSA) is 37.3 Å². The van der Waals surface area contributed by atoms with E-state index in [0.717, 1.165) is 6.42 Å². The van der Waals surface area contributed by atoms with Crippen molar-refractivity contribution in [3.05, 3.63) is 22.4 Å². The third kappa shape index (κ3) is 1.13. The Morgan fingerprint density at radius 3 is 2.60 bits per heavy atom. The second-order valence-corrected chi connectivity index (χ2v) is 5.61. The molecule has 2 unspecified atom stereocenters. The van der Waals surface area contributed by atoms with Crippen molar-refractivity contribution < 1.29 is 9.90 Å². The number of carboxylic acids is 1. The zero-order chi connectivity index (χ0) is 11.3. The summed E-state index contributed by atoms with van der Waals surface area (Å²) in [6.07, 6.45) is 0.897. The maximum Gasteiger partial charge on any atom is 0.308 e. The molecule has 0 aromatic carbocycles. The number of hydrogen-bond donors (Lipinski definition) is 1. The first-order chi connectivity index (χ1) is 6.98. The summed E-state index contributed by atoms with van der Waals surface area (Å²) < 4.78 is 0. The molecule has 0 saturated heterocycles. The summed E-state index contributed by atoms with van der Waals surface area (Å²) in [5.74, 6) is -0.891. The molecular weight excluding hydrogens is 208 g/mol. The first kappa shape index (κ1) is 10.7. The van der Waals surface area contributed by atoms with Gasteiger partial charge in [-0.15, -0.1) is 0 Å². The lowest BCUT2D eigenvalue weighted by molar-refractivity contribution is -0.139. The third-order valence-corrected chi connectivity index (χ3v) is 4.81. The van der Waals surface area contributed by atoms with Crippen LogP contribution in [-0.2, 0) is 10.2 Å². The van der Waals surface area contributed by atoms with E-state index in [1.54, 1.807) is 11.3 Å². The van der Waals surface area contributed by atoms with Crippen LogP contribution in [0.2, 0.25) is 0 Å². The molecule has 2 atom stereocenters. The van der Waals surface area contributed by atoms with Gasteiger partial charge in [0.2, 0.25) is 0 Å². The van der Waals surface area contributed by atoms with Crippen LogP contribution in [0.1, 0.15) is 32.8 Å². The molecule has 1 aromatic rings. The normalized spacial score (nSPS) is 32.6. The van der Waals surface area contributed by atoms with E-state index in [-0.39, 0.29) is 16.7 Å². The van der Waals surface area contributed by atoms with E-state index in [1.165, 1.54) is 5.56 Å². The van der Waals surface area contributed by atoms with Gasteiger partial charge in [-0.3, -0.25) is 4.79 Å². The van der Waals surface area contributed by atoms with Crippen LogP contribution in [0.4, 0.5) is 0 Å². The highest BCUT2D eigenvalue weighted by Crippen LogP contribution is 2.71. The van der Waals surface area contributed by atoms with E-state index < -0.39 is 5.97 Å². The number of hydrogen-bond acceptors (Lipinski definition) is 2. The monoisotopic (exact) mass is 224 g/mol. The standard InChI is InChI=1S/C12H16O2S/c1-4-12(8-5-6-15-7-8)9(10(13)14)11(12,2)3/h5-7,9H,4H2,1-3H3,(H,13,14). The third-order valence-electron chi connectivity index (χ3n) is 4.12. The summed E-state index contributed by atoms with van der Waals surface area (Å²) in [4.78, 5) is 11.3. The van der Waals surface area contributed by atoms with Gasteiger partial charge in [0.05, 0.1) is 5.92 Å². The van der Waals surface area contributed by atoms with Crippen molar-refractivity contribution in [2.45, 2.75) is 32.6 Å². The fourth-order valence-electron chi connectivity index (χ4n) is 3.29. The van der Waals surface area contributed by atoms with Gasteiger partial charge in [0.1, 0.15) is 0 Å². The fourth-order valence-corrected chi connectivity index (χ4v) is 4.03. The smallest absolute Gasteiger partial charge is 0.308 e. The summed E-state index contributed by atoms with van der Waals surface area (Å²) in [5, 5.41) is 13.4. The predicted octanol–water partition coefficient (Wildman–Crippen LogP) is 3.14. The van der Waals surface area contributed by atoms with Crippen LogP contribution in [-0.4, -0.2) is 11.1 Å². The first-order valence-corrected chi connectivity index (χ1v) is 6.18. The number of carboxylic acid groups (broad SMARTS) is 1. The van der Waals surface area contributed by atoms with Gasteiger partial charge in [-0.1, -0.05) is 20.8 Å². The molecule has 0 amide bonds. The maximum atomic E-state index is 11.3. The molecule has 1 N–H and O–H groups in total. The molecule has 1 fully saturated rings. The summed E-state index contributed by atoms with van der Waals surface area (Å²) in [6.45, 7) is 6.21. The molecule has 1 aliphatic rings. The van der Waals surface area contributed by atoms with Gasteiger partial charge in [-0.05, 0) is 34.2 Å². The van der Waals surface area contributed by atoms with E-state index in [4.69, 9.17) is 0 Å². The molecule has 1 aliphatic carbocycles. The van der Waals surface area contributed by atoms with Gasteiger partial charge in [0.25, 0.3) is 0 Å². The quantitative estimate of drug-likeness (QED) is 0.856. The Morgan fingerprint density at radius 1 is 1.60 bits per heavy atom. The largest absolute Gasteiger partial charge is 0.481 e. The van der Waals surface area contributed by atoms with E-state index in [1.807, 2.05) is 5.38 Å². The van der Waals surface area contributed by atoms with Crippen molar-refractivity contribution in [1.82, 2.24) is 0 Å². The molecule has 1 aromatic heterocycles. The molecule has 2 rings (SSSR count). The molecule has 1 heterocycles.